The maximum absolute atomic E-state index is 12.7. The lowest BCUT2D eigenvalue weighted by atomic mass is 10.0. The van der Waals surface area contributed by atoms with Gasteiger partial charge in [-0.1, -0.05) is 24.3 Å². The van der Waals surface area contributed by atoms with Gasteiger partial charge in [0.15, 0.2) is 0 Å². The molecule has 0 bridgehead atoms. The first-order valence-electron chi connectivity index (χ1n) is 9.37. The molecule has 1 atom stereocenters. The second-order valence-corrected chi connectivity index (χ2v) is 6.71. The Morgan fingerprint density at radius 3 is 2.65 bits per heavy atom. The highest BCUT2D eigenvalue weighted by molar-refractivity contribution is 5.94. The minimum atomic E-state index is 0.0359. The third-order valence-electron chi connectivity index (χ3n) is 4.71. The van der Waals surface area contributed by atoms with Crippen molar-refractivity contribution in [3.63, 3.8) is 0 Å². The minimum Gasteiger partial charge on any atom is -0.494 e. The Balaban J connectivity index is 1.66. The largest absolute Gasteiger partial charge is 0.494 e. The second-order valence-electron chi connectivity index (χ2n) is 6.71. The molecular weight excluding hydrogens is 326 g/mol. The van der Waals surface area contributed by atoms with E-state index in [1.54, 1.807) is 4.90 Å². The highest BCUT2D eigenvalue weighted by atomic mass is 16.5. The van der Waals surface area contributed by atoms with Gasteiger partial charge in [-0.15, -0.1) is 0 Å². The first-order valence-corrected chi connectivity index (χ1v) is 9.37. The smallest absolute Gasteiger partial charge is 0.253 e. The Hall–Kier alpha value is -2.33. The average molecular weight is 353 g/mol. The van der Waals surface area contributed by atoms with Gasteiger partial charge in [-0.2, -0.15) is 0 Å². The molecule has 1 fully saturated rings. The van der Waals surface area contributed by atoms with Crippen LogP contribution >= 0.6 is 0 Å². The SMILES string of the molecule is CCOc1cccc(-c2ccc(C(=O)N(C)C[C@@H]3CCCCO3)cc2)c1. The molecule has 1 saturated heterocycles. The molecule has 0 saturated carbocycles. The van der Waals surface area contributed by atoms with E-state index in [1.807, 2.05) is 62.5 Å². The van der Waals surface area contributed by atoms with E-state index in [1.165, 1.54) is 6.42 Å². The van der Waals surface area contributed by atoms with Gasteiger partial charge in [0.25, 0.3) is 5.91 Å². The Labute approximate surface area is 155 Å². The minimum absolute atomic E-state index is 0.0359. The zero-order valence-corrected chi connectivity index (χ0v) is 15.6. The van der Waals surface area contributed by atoms with Gasteiger partial charge >= 0.3 is 0 Å². The molecule has 2 aromatic carbocycles. The predicted molar refractivity (Wildman–Crippen MR) is 104 cm³/mol. The van der Waals surface area contributed by atoms with E-state index < -0.39 is 0 Å². The van der Waals surface area contributed by atoms with Gasteiger partial charge in [-0.25, -0.2) is 0 Å². The Morgan fingerprint density at radius 2 is 1.96 bits per heavy atom. The molecule has 0 aliphatic carbocycles. The molecule has 0 aromatic heterocycles. The van der Waals surface area contributed by atoms with E-state index in [0.29, 0.717) is 18.7 Å². The maximum Gasteiger partial charge on any atom is 0.253 e. The van der Waals surface area contributed by atoms with Gasteiger partial charge < -0.3 is 14.4 Å². The molecular formula is C22H27NO3. The number of ether oxygens (including phenoxy) is 2. The van der Waals surface area contributed by atoms with Crippen LogP contribution in [0.3, 0.4) is 0 Å². The van der Waals surface area contributed by atoms with Gasteiger partial charge in [0.05, 0.1) is 12.7 Å². The molecule has 1 aliphatic heterocycles. The lowest BCUT2D eigenvalue weighted by Gasteiger charge is -2.27. The zero-order valence-electron chi connectivity index (χ0n) is 15.6. The number of carbonyl (C=O) groups is 1. The van der Waals surface area contributed by atoms with Crippen LogP contribution in [-0.2, 0) is 4.74 Å². The van der Waals surface area contributed by atoms with Crippen LogP contribution in [0, 0.1) is 0 Å². The first kappa shape index (κ1) is 18.5. The van der Waals surface area contributed by atoms with Gasteiger partial charge in [-0.3, -0.25) is 4.79 Å². The summed E-state index contributed by atoms with van der Waals surface area (Å²) in [6, 6.07) is 15.8. The number of benzene rings is 2. The van der Waals surface area contributed by atoms with Crippen molar-refractivity contribution in [3.8, 4) is 16.9 Å². The van der Waals surface area contributed by atoms with Crippen molar-refractivity contribution in [2.75, 3.05) is 26.8 Å². The van der Waals surface area contributed by atoms with Crippen molar-refractivity contribution in [2.45, 2.75) is 32.3 Å². The third-order valence-corrected chi connectivity index (χ3v) is 4.71. The highest BCUT2D eigenvalue weighted by Gasteiger charge is 2.19. The van der Waals surface area contributed by atoms with E-state index in [9.17, 15) is 4.79 Å². The number of nitrogens with zero attached hydrogens (tertiary/aromatic N) is 1. The number of carbonyl (C=O) groups excluding carboxylic acids is 1. The lowest BCUT2D eigenvalue weighted by molar-refractivity contribution is -0.000186. The third kappa shape index (κ3) is 4.64. The molecule has 0 N–H and O–H groups in total. The molecule has 2 aromatic rings. The molecule has 4 heteroatoms. The van der Waals surface area contributed by atoms with Gasteiger partial charge in [0.2, 0.25) is 0 Å². The van der Waals surface area contributed by atoms with Crippen LogP contribution < -0.4 is 4.74 Å². The van der Waals surface area contributed by atoms with E-state index in [-0.39, 0.29) is 12.0 Å². The van der Waals surface area contributed by atoms with Gasteiger partial charge in [-0.05, 0) is 61.6 Å². The average Bonchev–Trinajstić information content (AvgIpc) is 2.69. The second kappa shape index (κ2) is 8.86. The van der Waals surface area contributed by atoms with E-state index >= 15 is 0 Å². The maximum atomic E-state index is 12.7. The lowest BCUT2D eigenvalue weighted by Crippen LogP contribution is -2.37. The fourth-order valence-corrected chi connectivity index (χ4v) is 3.30. The van der Waals surface area contributed by atoms with Crippen LogP contribution in [0.15, 0.2) is 48.5 Å². The fourth-order valence-electron chi connectivity index (χ4n) is 3.30. The van der Waals surface area contributed by atoms with Crippen LogP contribution in [-0.4, -0.2) is 43.7 Å². The van der Waals surface area contributed by atoms with E-state index in [4.69, 9.17) is 9.47 Å². The van der Waals surface area contributed by atoms with Crippen molar-refractivity contribution in [1.82, 2.24) is 4.90 Å². The van der Waals surface area contributed by atoms with Crippen molar-refractivity contribution < 1.29 is 14.3 Å². The van der Waals surface area contributed by atoms with Crippen LogP contribution in [0.5, 0.6) is 5.75 Å². The summed E-state index contributed by atoms with van der Waals surface area (Å²) in [7, 11) is 1.85. The van der Waals surface area contributed by atoms with Crippen LogP contribution in [0.2, 0.25) is 0 Å². The number of hydrogen-bond donors (Lipinski definition) is 0. The van der Waals surface area contributed by atoms with E-state index in [0.717, 1.165) is 36.3 Å². The molecule has 0 radical (unpaired) electrons. The molecule has 0 unspecified atom stereocenters. The summed E-state index contributed by atoms with van der Waals surface area (Å²) in [6.07, 6.45) is 3.51. The zero-order chi connectivity index (χ0) is 18.4. The number of amides is 1. The van der Waals surface area contributed by atoms with Crippen LogP contribution in [0.25, 0.3) is 11.1 Å². The van der Waals surface area contributed by atoms with Crippen LogP contribution in [0.4, 0.5) is 0 Å². The quantitative estimate of drug-likeness (QED) is 0.773. The van der Waals surface area contributed by atoms with E-state index in [2.05, 4.69) is 0 Å². The summed E-state index contributed by atoms with van der Waals surface area (Å²) >= 11 is 0. The van der Waals surface area contributed by atoms with Crippen molar-refractivity contribution in [1.29, 1.82) is 0 Å². The molecule has 1 amide bonds. The van der Waals surface area contributed by atoms with Gasteiger partial charge in [0, 0.05) is 25.8 Å². The molecule has 1 aliphatic rings. The van der Waals surface area contributed by atoms with Crippen molar-refractivity contribution >= 4 is 5.91 Å². The summed E-state index contributed by atoms with van der Waals surface area (Å²) < 4.78 is 11.3. The molecule has 1 heterocycles. The summed E-state index contributed by atoms with van der Waals surface area (Å²) in [5, 5.41) is 0. The summed E-state index contributed by atoms with van der Waals surface area (Å²) in [4.78, 5) is 14.4. The monoisotopic (exact) mass is 353 g/mol. The number of hydrogen-bond acceptors (Lipinski definition) is 3. The Morgan fingerprint density at radius 1 is 1.15 bits per heavy atom. The summed E-state index contributed by atoms with van der Waals surface area (Å²) in [5.74, 6) is 0.895. The molecule has 138 valence electrons. The first-order chi connectivity index (χ1) is 12.7. The molecule has 26 heavy (non-hydrogen) atoms. The number of likely N-dealkylation sites (N-methyl/N-ethyl adjacent to an activating group) is 1. The topological polar surface area (TPSA) is 38.8 Å². The van der Waals surface area contributed by atoms with Crippen molar-refractivity contribution in [3.05, 3.63) is 54.1 Å². The highest BCUT2D eigenvalue weighted by Crippen LogP contribution is 2.24. The molecule has 4 nitrogen and oxygen atoms in total. The summed E-state index contributed by atoms with van der Waals surface area (Å²) in [5.41, 5.74) is 2.85. The van der Waals surface area contributed by atoms with Gasteiger partial charge in [0.1, 0.15) is 5.75 Å². The fraction of sp³-hybridized carbons (Fsp3) is 0.409. The standard InChI is InChI=1S/C22H27NO3/c1-3-25-20-9-6-7-19(15-20)17-10-12-18(13-11-17)22(24)23(2)16-21-8-4-5-14-26-21/h6-7,9-13,15,21H,3-5,8,14,16H2,1-2H3/t21-/m0/s1. The van der Waals surface area contributed by atoms with Crippen molar-refractivity contribution in [2.24, 2.45) is 0 Å². The summed E-state index contributed by atoms with van der Waals surface area (Å²) in [6.45, 7) is 4.08. The molecule has 3 rings (SSSR count). The Bertz CT molecular complexity index is 720. The number of rotatable bonds is 6. The normalized spacial score (nSPS) is 16.9. The van der Waals surface area contributed by atoms with Crippen LogP contribution in [0.1, 0.15) is 36.5 Å². The predicted octanol–water partition coefficient (Wildman–Crippen LogP) is 4.39. The Kier molecular flexibility index (Phi) is 6.29. The molecule has 0 spiro atoms.